The third-order valence-corrected chi connectivity index (χ3v) is 5.89. The Morgan fingerprint density at radius 3 is 2.81 bits per heavy atom. The molecule has 1 atom stereocenters. The summed E-state index contributed by atoms with van der Waals surface area (Å²) in [6, 6.07) is 16.6. The number of aryl methyl sites for hydroxylation is 1. The molecular formula is C22H20N2OS. The maximum Gasteiger partial charge on any atom is 0.246 e. The molecule has 3 nitrogen and oxygen atoms in total. The lowest BCUT2D eigenvalue weighted by atomic mass is 9.84. The molecule has 0 unspecified atom stereocenters. The Labute approximate surface area is 157 Å². The topological polar surface area (TPSA) is 33.2 Å². The second-order valence-electron chi connectivity index (χ2n) is 6.51. The fraction of sp³-hybridized carbons (Fsp3) is 0.182. The molecule has 1 aromatic carbocycles. The number of fused-ring (bicyclic) bond motifs is 1. The summed E-state index contributed by atoms with van der Waals surface area (Å²) in [7, 11) is 0. The van der Waals surface area contributed by atoms with E-state index in [1.54, 1.807) is 11.3 Å². The lowest BCUT2D eigenvalue weighted by Gasteiger charge is -2.33. The van der Waals surface area contributed by atoms with Crippen LogP contribution < -0.4 is 0 Å². The van der Waals surface area contributed by atoms with Gasteiger partial charge in [0, 0.05) is 34.0 Å². The Kier molecular flexibility index (Phi) is 4.43. The molecule has 1 aliphatic heterocycles. The van der Waals surface area contributed by atoms with Gasteiger partial charge < -0.3 is 4.90 Å². The molecule has 0 spiro atoms. The number of hydrogen-bond donors (Lipinski definition) is 0. The average molecular weight is 360 g/mol. The summed E-state index contributed by atoms with van der Waals surface area (Å²) in [5.41, 5.74) is 4.64. The lowest BCUT2D eigenvalue weighted by Crippen LogP contribution is -2.37. The van der Waals surface area contributed by atoms with E-state index >= 15 is 0 Å². The molecule has 0 N–H and O–H groups in total. The molecule has 0 aliphatic carbocycles. The van der Waals surface area contributed by atoms with Gasteiger partial charge in [-0.15, -0.1) is 11.3 Å². The molecular weight excluding hydrogens is 340 g/mol. The van der Waals surface area contributed by atoms with Crippen LogP contribution in [0.15, 0.2) is 67.4 Å². The summed E-state index contributed by atoms with van der Waals surface area (Å²) in [5, 5.41) is 0. The molecule has 4 heteroatoms. The number of thiophene rings is 1. The Morgan fingerprint density at radius 1 is 1.23 bits per heavy atom. The van der Waals surface area contributed by atoms with Crippen LogP contribution >= 0.6 is 11.3 Å². The SMILES string of the molecule is C=CC(=O)N1Cc2sc(C)cc2[C@@H](c2ccccc2-c2ccccn2)C1. The number of aromatic nitrogens is 1. The fourth-order valence-electron chi connectivity index (χ4n) is 3.68. The molecule has 26 heavy (non-hydrogen) atoms. The van der Waals surface area contributed by atoms with E-state index in [2.05, 4.69) is 42.8 Å². The molecule has 3 aromatic rings. The number of carbonyl (C=O) groups is 1. The van der Waals surface area contributed by atoms with E-state index in [0.29, 0.717) is 13.1 Å². The first-order valence-electron chi connectivity index (χ1n) is 8.68. The van der Waals surface area contributed by atoms with E-state index in [9.17, 15) is 4.79 Å². The van der Waals surface area contributed by atoms with Crippen LogP contribution in [0.25, 0.3) is 11.3 Å². The predicted molar refractivity (Wildman–Crippen MR) is 106 cm³/mol. The highest BCUT2D eigenvalue weighted by molar-refractivity contribution is 7.12. The standard InChI is InChI=1S/C22H20N2OS/c1-3-22(25)24-13-19(18-12-15(2)26-21(18)14-24)16-8-4-5-9-17(16)20-10-6-7-11-23-20/h3-12,19H,1,13-14H2,2H3/t19-/m1/s1. The van der Waals surface area contributed by atoms with Gasteiger partial charge in [0.25, 0.3) is 0 Å². The van der Waals surface area contributed by atoms with Crippen molar-refractivity contribution in [2.24, 2.45) is 0 Å². The van der Waals surface area contributed by atoms with Crippen LogP contribution in [-0.4, -0.2) is 22.3 Å². The average Bonchev–Trinajstić information content (AvgIpc) is 3.07. The van der Waals surface area contributed by atoms with Crippen LogP contribution in [0.5, 0.6) is 0 Å². The normalized spacial score (nSPS) is 16.2. The Morgan fingerprint density at radius 2 is 2.04 bits per heavy atom. The minimum absolute atomic E-state index is 0.0120. The molecule has 1 amide bonds. The van der Waals surface area contributed by atoms with Crippen molar-refractivity contribution < 1.29 is 4.79 Å². The number of carbonyl (C=O) groups excluding carboxylic acids is 1. The molecule has 130 valence electrons. The molecule has 1 aliphatic rings. The van der Waals surface area contributed by atoms with Crippen LogP contribution in [0.1, 0.15) is 26.8 Å². The number of amides is 1. The first kappa shape index (κ1) is 16.7. The molecule has 3 heterocycles. The summed E-state index contributed by atoms with van der Waals surface area (Å²) in [5.74, 6) is 0.132. The van der Waals surface area contributed by atoms with Gasteiger partial charge in [0.15, 0.2) is 0 Å². The van der Waals surface area contributed by atoms with Crippen LogP contribution in [-0.2, 0) is 11.3 Å². The van der Waals surface area contributed by atoms with Crippen molar-refractivity contribution in [3.8, 4) is 11.3 Å². The summed E-state index contributed by atoms with van der Waals surface area (Å²) < 4.78 is 0. The number of nitrogens with zero attached hydrogens (tertiary/aromatic N) is 2. The van der Waals surface area contributed by atoms with Crippen molar-refractivity contribution in [2.45, 2.75) is 19.4 Å². The van der Waals surface area contributed by atoms with E-state index in [0.717, 1.165) is 11.3 Å². The van der Waals surface area contributed by atoms with Crippen molar-refractivity contribution in [1.29, 1.82) is 0 Å². The largest absolute Gasteiger partial charge is 0.333 e. The van der Waals surface area contributed by atoms with E-state index in [-0.39, 0.29) is 11.8 Å². The van der Waals surface area contributed by atoms with Crippen molar-refractivity contribution >= 4 is 17.2 Å². The summed E-state index contributed by atoms with van der Waals surface area (Å²) in [6.07, 6.45) is 3.23. The van der Waals surface area contributed by atoms with Gasteiger partial charge in [-0.2, -0.15) is 0 Å². The summed E-state index contributed by atoms with van der Waals surface area (Å²) in [6.45, 7) is 7.12. The summed E-state index contributed by atoms with van der Waals surface area (Å²) in [4.78, 5) is 21.3. The van der Waals surface area contributed by atoms with Crippen molar-refractivity contribution in [1.82, 2.24) is 9.88 Å². The van der Waals surface area contributed by atoms with Gasteiger partial charge in [0.1, 0.15) is 0 Å². The van der Waals surface area contributed by atoms with Gasteiger partial charge in [-0.25, -0.2) is 0 Å². The van der Waals surface area contributed by atoms with Gasteiger partial charge in [-0.3, -0.25) is 9.78 Å². The first-order valence-corrected chi connectivity index (χ1v) is 9.50. The highest BCUT2D eigenvalue weighted by Crippen LogP contribution is 2.41. The summed E-state index contributed by atoms with van der Waals surface area (Å²) >= 11 is 1.78. The number of hydrogen-bond acceptors (Lipinski definition) is 3. The second kappa shape index (κ2) is 6.89. The molecule has 2 aromatic heterocycles. The van der Waals surface area contributed by atoms with Gasteiger partial charge in [-0.1, -0.05) is 36.9 Å². The predicted octanol–water partition coefficient (Wildman–Crippen LogP) is 4.78. The zero-order valence-corrected chi connectivity index (χ0v) is 15.5. The molecule has 0 bridgehead atoms. The van der Waals surface area contributed by atoms with Gasteiger partial charge in [0.05, 0.1) is 12.2 Å². The zero-order valence-electron chi connectivity index (χ0n) is 14.7. The van der Waals surface area contributed by atoms with E-state index in [1.807, 2.05) is 35.4 Å². The van der Waals surface area contributed by atoms with Crippen LogP contribution in [0.4, 0.5) is 0 Å². The monoisotopic (exact) mass is 360 g/mol. The molecule has 0 fully saturated rings. The number of rotatable bonds is 3. The third kappa shape index (κ3) is 2.97. The Hall–Kier alpha value is -2.72. The maximum atomic E-state index is 12.3. The van der Waals surface area contributed by atoms with Crippen LogP contribution in [0.3, 0.4) is 0 Å². The van der Waals surface area contributed by atoms with Crippen molar-refractivity contribution in [3.05, 3.63) is 88.3 Å². The van der Waals surface area contributed by atoms with E-state index < -0.39 is 0 Å². The van der Waals surface area contributed by atoms with E-state index in [1.165, 1.54) is 27.0 Å². The molecule has 4 rings (SSSR count). The first-order chi connectivity index (χ1) is 12.7. The van der Waals surface area contributed by atoms with E-state index in [4.69, 9.17) is 0 Å². The molecule has 0 radical (unpaired) electrons. The second-order valence-corrected chi connectivity index (χ2v) is 7.85. The fourth-order valence-corrected chi connectivity index (χ4v) is 4.79. The zero-order chi connectivity index (χ0) is 18.1. The molecule has 0 saturated heterocycles. The van der Waals surface area contributed by atoms with Crippen LogP contribution in [0.2, 0.25) is 0 Å². The van der Waals surface area contributed by atoms with Crippen molar-refractivity contribution in [3.63, 3.8) is 0 Å². The smallest absolute Gasteiger partial charge is 0.246 e. The minimum atomic E-state index is -0.0120. The van der Waals surface area contributed by atoms with Gasteiger partial charge in [0.2, 0.25) is 5.91 Å². The third-order valence-electron chi connectivity index (χ3n) is 4.84. The minimum Gasteiger partial charge on any atom is -0.333 e. The Balaban J connectivity index is 1.84. The quantitative estimate of drug-likeness (QED) is 0.630. The van der Waals surface area contributed by atoms with Crippen LogP contribution in [0, 0.1) is 6.92 Å². The highest BCUT2D eigenvalue weighted by Gasteiger charge is 2.31. The maximum absolute atomic E-state index is 12.3. The highest BCUT2D eigenvalue weighted by atomic mass is 32.1. The van der Waals surface area contributed by atoms with Gasteiger partial charge >= 0.3 is 0 Å². The number of pyridine rings is 1. The van der Waals surface area contributed by atoms with Gasteiger partial charge in [-0.05, 0) is 42.3 Å². The molecule has 0 saturated carbocycles. The lowest BCUT2D eigenvalue weighted by molar-refractivity contribution is -0.127. The Bertz CT molecular complexity index is 961. The number of benzene rings is 1. The van der Waals surface area contributed by atoms with Crippen molar-refractivity contribution in [2.75, 3.05) is 6.54 Å².